The van der Waals surface area contributed by atoms with Crippen LogP contribution in [0.25, 0.3) is 22.4 Å². The second-order valence-corrected chi connectivity index (χ2v) is 11.6. The van der Waals surface area contributed by atoms with Crippen LogP contribution in [-0.4, -0.2) is 67.2 Å². The molecular formula is C28H28Cl2N8O3. The Balaban J connectivity index is 1.25. The molecule has 3 aromatic heterocycles. The Hall–Kier alpha value is -3.54. The van der Waals surface area contributed by atoms with Gasteiger partial charge in [-0.05, 0) is 49.7 Å². The summed E-state index contributed by atoms with van der Waals surface area (Å²) in [5.41, 5.74) is 2.12. The number of rotatable bonds is 6. The Morgan fingerprint density at radius 3 is 2.76 bits per heavy atom. The fourth-order valence-electron chi connectivity index (χ4n) is 6.66. The van der Waals surface area contributed by atoms with Crippen LogP contribution < -0.4 is 10.2 Å². The molecule has 4 aromatic rings. The van der Waals surface area contributed by atoms with E-state index in [0.29, 0.717) is 51.4 Å². The molecule has 4 unspecified atom stereocenters. The van der Waals surface area contributed by atoms with Crippen LogP contribution >= 0.6 is 23.2 Å². The zero-order chi connectivity index (χ0) is 28.1. The first kappa shape index (κ1) is 26.4. The first-order chi connectivity index (χ1) is 20.0. The monoisotopic (exact) mass is 594 g/mol. The zero-order valence-electron chi connectivity index (χ0n) is 22.1. The maximum absolute atomic E-state index is 11.4. The Morgan fingerprint density at radius 2 is 1.98 bits per heavy atom. The molecule has 0 bridgehead atoms. The van der Waals surface area contributed by atoms with Crippen molar-refractivity contribution >= 4 is 46.3 Å². The summed E-state index contributed by atoms with van der Waals surface area (Å²) in [6.07, 6.45) is 7.64. The molecular weight excluding hydrogens is 567 g/mol. The maximum atomic E-state index is 11.4. The lowest BCUT2D eigenvalue weighted by molar-refractivity contribution is -0.0368. The molecule has 1 amide bonds. The largest absolute Gasteiger partial charge is 0.465 e. The minimum Gasteiger partial charge on any atom is -0.465 e. The maximum Gasteiger partial charge on any atom is 0.404 e. The second-order valence-electron chi connectivity index (χ2n) is 10.8. The van der Waals surface area contributed by atoms with E-state index in [1.165, 1.54) is 0 Å². The van der Waals surface area contributed by atoms with E-state index in [0.717, 1.165) is 38.0 Å². The van der Waals surface area contributed by atoms with Gasteiger partial charge in [-0.1, -0.05) is 35.3 Å². The van der Waals surface area contributed by atoms with E-state index < -0.39 is 11.5 Å². The summed E-state index contributed by atoms with van der Waals surface area (Å²) >= 11 is 12.9. The highest BCUT2D eigenvalue weighted by Crippen LogP contribution is 2.62. The van der Waals surface area contributed by atoms with E-state index >= 15 is 0 Å². The standard InChI is InChI=1S/C28H28Cl2N8O3/c29-19-6-3-5-16(22(19)30)23-24-25(38(36-23)21-7-1-2-12-41-21)35-20(13-33-24)37-11-8-17-18(14-37)28(17,15-34-27(39)40)26-31-9-4-10-32-26/h3-6,9-10,13,17-18,21,34H,1-2,7-8,11-12,14-15H2,(H,39,40). The number of carboxylic acid groups (broad SMARTS) is 1. The number of nitrogens with zero attached hydrogens (tertiary/aromatic N) is 7. The molecule has 2 N–H and O–H groups in total. The molecule has 2 saturated heterocycles. The highest BCUT2D eigenvalue weighted by atomic mass is 35.5. The van der Waals surface area contributed by atoms with E-state index in [1.807, 2.05) is 16.8 Å². The van der Waals surface area contributed by atoms with Crippen LogP contribution in [0.5, 0.6) is 0 Å². The van der Waals surface area contributed by atoms with Crippen molar-refractivity contribution in [1.29, 1.82) is 0 Å². The lowest BCUT2D eigenvalue weighted by atomic mass is 10.00. The molecule has 41 heavy (non-hydrogen) atoms. The average molecular weight is 595 g/mol. The Morgan fingerprint density at radius 1 is 1.12 bits per heavy atom. The van der Waals surface area contributed by atoms with E-state index in [2.05, 4.69) is 20.2 Å². The predicted molar refractivity (Wildman–Crippen MR) is 153 cm³/mol. The third-order valence-electron chi connectivity index (χ3n) is 8.69. The van der Waals surface area contributed by atoms with Gasteiger partial charge in [0.1, 0.15) is 22.9 Å². The van der Waals surface area contributed by atoms with Crippen molar-refractivity contribution in [2.45, 2.75) is 37.3 Å². The Bertz CT molecular complexity index is 1610. The Labute approximate surface area is 245 Å². The number of carbonyl (C=O) groups is 1. The highest BCUT2D eigenvalue weighted by molar-refractivity contribution is 6.43. The minimum absolute atomic E-state index is 0.176. The molecule has 7 rings (SSSR count). The third-order valence-corrected chi connectivity index (χ3v) is 9.51. The van der Waals surface area contributed by atoms with Gasteiger partial charge in [0.2, 0.25) is 0 Å². The van der Waals surface area contributed by atoms with Gasteiger partial charge in [-0.15, -0.1) is 0 Å². The molecule has 4 atom stereocenters. The van der Waals surface area contributed by atoms with Gasteiger partial charge >= 0.3 is 6.09 Å². The van der Waals surface area contributed by atoms with Crippen LogP contribution in [0.3, 0.4) is 0 Å². The number of ether oxygens (including phenoxy) is 1. The van der Waals surface area contributed by atoms with Gasteiger partial charge in [-0.2, -0.15) is 5.10 Å². The van der Waals surface area contributed by atoms with Crippen molar-refractivity contribution in [3.8, 4) is 11.3 Å². The van der Waals surface area contributed by atoms with Crippen molar-refractivity contribution in [1.82, 2.24) is 35.0 Å². The molecule has 1 saturated carbocycles. The summed E-state index contributed by atoms with van der Waals surface area (Å²) in [6, 6.07) is 7.24. The normalized spacial score (nSPS) is 25.6. The fraction of sp³-hybridized carbons (Fsp3) is 0.429. The van der Waals surface area contributed by atoms with Crippen molar-refractivity contribution in [3.63, 3.8) is 0 Å². The third kappa shape index (κ3) is 4.47. The first-order valence-corrected chi connectivity index (χ1v) is 14.5. The number of halogens is 2. The van der Waals surface area contributed by atoms with Gasteiger partial charge in [0.15, 0.2) is 11.9 Å². The van der Waals surface area contributed by atoms with Crippen molar-refractivity contribution in [3.05, 3.63) is 58.7 Å². The summed E-state index contributed by atoms with van der Waals surface area (Å²) in [5.74, 6) is 1.87. The van der Waals surface area contributed by atoms with Gasteiger partial charge in [0, 0.05) is 44.2 Å². The van der Waals surface area contributed by atoms with E-state index in [9.17, 15) is 9.90 Å². The smallest absolute Gasteiger partial charge is 0.404 e. The SMILES string of the molecule is O=C(O)NCC1(c2ncccn2)C2CCN(c3cnc4c(-c5cccc(Cl)c5Cl)nn(C5CCCCO5)c4n3)CC21. The molecule has 3 aliphatic rings. The first-order valence-electron chi connectivity index (χ1n) is 13.8. The molecule has 1 aliphatic carbocycles. The van der Waals surface area contributed by atoms with E-state index in [-0.39, 0.29) is 24.6 Å². The molecule has 0 spiro atoms. The van der Waals surface area contributed by atoms with Crippen molar-refractivity contribution < 1.29 is 14.6 Å². The topological polar surface area (TPSA) is 131 Å². The fourth-order valence-corrected chi connectivity index (χ4v) is 7.05. The van der Waals surface area contributed by atoms with E-state index in [4.69, 9.17) is 43.0 Å². The average Bonchev–Trinajstić information content (AvgIpc) is 3.50. The molecule has 0 radical (unpaired) electrons. The number of amides is 1. The molecule has 1 aromatic carbocycles. The Kier molecular flexibility index (Phi) is 6.67. The molecule has 3 fully saturated rings. The number of benzene rings is 1. The zero-order valence-corrected chi connectivity index (χ0v) is 23.6. The summed E-state index contributed by atoms with van der Waals surface area (Å²) in [7, 11) is 0. The summed E-state index contributed by atoms with van der Waals surface area (Å²) in [5, 5.41) is 17.7. The van der Waals surface area contributed by atoms with Gasteiger partial charge in [0.05, 0.1) is 21.7 Å². The van der Waals surface area contributed by atoms with Crippen molar-refractivity contribution in [2.24, 2.45) is 11.8 Å². The van der Waals surface area contributed by atoms with Crippen LogP contribution in [0.1, 0.15) is 37.7 Å². The van der Waals surface area contributed by atoms with Crippen LogP contribution in [0, 0.1) is 11.8 Å². The van der Waals surface area contributed by atoms with Crippen molar-refractivity contribution in [2.75, 3.05) is 31.1 Å². The number of hydrogen-bond acceptors (Lipinski definition) is 8. The lowest BCUT2D eigenvalue weighted by Crippen LogP contribution is -2.35. The number of piperidine rings is 1. The second kappa shape index (κ2) is 10.4. The van der Waals surface area contributed by atoms with Gasteiger partial charge in [0.25, 0.3) is 0 Å². The van der Waals surface area contributed by atoms with Gasteiger partial charge < -0.3 is 20.1 Å². The lowest BCUT2D eigenvalue weighted by Gasteiger charge is -2.27. The van der Waals surface area contributed by atoms with Crippen LogP contribution in [0.2, 0.25) is 10.0 Å². The van der Waals surface area contributed by atoms with Gasteiger partial charge in [-0.3, -0.25) is 0 Å². The molecule has 2 aliphatic heterocycles. The number of fused-ring (bicyclic) bond motifs is 2. The quantitative estimate of drug-likeness (QED) is 0.318. The van der Waals surface area contributed by atoms with Crippen LogP contribution in [0.4, 0.5) is 10.6 Å². The number of nitrogens with one attached hydrogen (secondary N) is 1. The molecule has 5 heterocycles. The highest BCUT2D eigenvalue weighted by Gasteiger charge is 2.68. The molecule has 212 valence electrons. The minimum atomic E-state index is -1.05. The summed E-state index contributed by atoms with van der Waals surface area (Å²) < 4.78 is 7.93. The predicted octanol–water partition coefficient (Wildman–Crippen LogP) is 4.95. The number of anilines is 1. The number of aromatic nitrogens is 6. The van der Waals surface area contributed by atoms with Gasteiger partial charge in [-0.25, -0.2) is 29.4 Å². The number of hydrogen-bond donors (Lipinski definition) is 2. The summed E-state index contributed by atoms with van der Waals surface area (Å²) in [6.45, 7) is 2.38. The molecule has 13 heteroatoms. The van der Waals surface area contributed by atoms with Crippen LogP contribution in [-0.2, 0) is 10.2 Å². The summed E-state index contributed by atoms with van der Waals surface area (Å²) in [4.78, 5) is 32.6. The van der Waals surface area contributed by atoms with E-state index in [1.54, 1.807) is 30.7 Å². The molecule has 11 nitrogen and oxygen atoms in total. The van der Waals surface area contributed by atoms with Crippen LogP contribution in [0.15, 0.2) is 42.9 Å².